The Morgan fingerprint density at radius 1 is 1.26 bits per heavy atom. The van der Waals surface area contributed by atoms with Crippen LogP contribution in [0.5, 0.6) is 0 Å². The Bertz CT molecular complexity index is 328. The fourth-order valence-electron chi connectivity index (χ4n) is 3.29. The van der Waals surface area contributed by atoms with Crippen LogP contribution in [-0.2, 0) is 4.74 Å². The van der Waals surface area contributed by atoms with Crippen molar-refractivity contribution in [2.24, 2.45) is 16.7 Å². The molecule has 0 aromatic rings. The van der Waals surface area contributed by atoms with Gasteiger partial charge in [-0.15, -0.1) is 0 Å². The summed E-state index contributed by atoms with van der Waals surface area (Å²) in [6, 6.07) is 2.43. The van der Waals surface area contributed by atoms with E-state index >= 15 is 0 Å². The second-order valence-electron chi connectivity index (χ2n) is 7.35. The van der Waals surface area contributed by atoms with Crippen LogP contribution in [0.25, 0.3) is 0 Å². The van der Waals surface area contributed by atoms with Crippen molar-refractivity contribution in [2.45, 2.75) is 65.4 Å². The van der Waals surface area contributed by atoms with E-state index in [4.69, 9.17) is 4.74 Å². The molecule has 1 rings (SSSR count). The number of ether oxygens (including phenoxy) is 1. The van der Waals surface area contributed by atoms with Gasteiger partial charge in [0.05, 0.1) is 17.1 Å². The van der Waals surface area contributed by atoms with Crippen LogP contribution >= 0.6 is 0 Å². The first-order chi connectivity index (χ1) is 8.68. The van der Waals surface area contributed by atoms with Crippen molar-refractivity contribution in [2.75, 3.05) is 13.7 Å². The molecule has 1 aliphatic carbocycles. The van der Waals surface area contributed by atoms with E-state index in [0.717, 1.165) is 25.7 Å². The molecule has 0 aliphatic heterocycles. The van der Waals surface area contributed by atoms with Crippen LogP contribution in [0.15, 0.2) is 0 Å². The average molecular weight is 267 g/mol. The largest absolute Gasteiger partial charge is 0.388 e. The van der Waals surface area contributed by atoms with Crippen LogP contribution in [-0.4, -0.2) is 24.4 Å². The molecule has 1 aliphatic rings. The molecular formula is C16H29NO2. The molecule has 0 heterocycles. The molecule has 3 heteroatoms. The van der Waals surface area contributed by atoms with E-state index in [-0.39, 0.29) is 0 Å². The zero-order valence-electron chi connectivity index (χ0n) is 13.1. The van der Waals surface area contributed by atoms with E-state index in [9.17, 15) is 10.4 Å². The maximum Gasteiger partial charge on any atom is 0.0858 e. The maximum atomic E-state index is 10.7. The first-order valence-electron chi connectivity index (χ1n) is 7.31. The van der Waals surface area contributed by atoms with Gasteiger partial charge in [-0.3, -0.25) is 0 Å². The standard InChI is InChI=1S/C16H29NO2/c1-14(2,3)13-6-8-16(12-17,9-7-13)15(4,18)10-11-19-5/h13,18H,6-11H2,1-5H3. The Labute approximate surface area is 118 Å². The number of nitriles is 1. The minimum Gasteiger partial charge on any atom is -0.388 e. The lowest BCUT2D eigenvalue weighted by Gasteiger charge is -2.47. The third-order valence-electron chi connectivity index (χ3n) is 5.10. The molecule has 1 fully saturated rings. The highest BCUT2D eigenvalue weighted by molar-refractivity contribution is 5.12. The van der Waals surface area contributed by atoms with Crippen molar-refractivity contribution in [3.05, 3.63) is 0 Å². The molecule has 19 heavy (non-hydrogen) atoms. The summed E-state index contributed by atoms with van der Waals surface area (Å²) < 4.78 is 5.06. The zero-order chi connectivity index (χ0) is 14.7. The molecule has 1 N–H and O–H groups in total. The van der Waals surface area contributed by atoms with E-state index in [1.807, 2.05) is 0 Å². The topological polar surface area (TPSA) is 53.2 Å². The Morgan fingerprint density at radius 2 is 1.79 bits per heavy atom. The van der Waals surface area contributed by atoms with Crippen LogP contribution in [0.2, 0.25) is 0 Å². The lowest BCUT2D eigenvalue weighted by molar-refractivity contribution is -0.0857. The maximum absolute atomic E-state index is 10.7. The first-order valence-corrected chi connectivity index (χ1v) is 7.31. The minimum atomic E-state index is -0.958. The Balaban J connectivity index is 2.78. The van der Waals surface area contributed by atoms with Gasteiger partial charge in [0, 0.05) is 20.1 Å². The third kappa shape index (κ3) is 3.49. The molecule has 1 saturated carbocycles. The number of methoxy groups -OCH3 is 1. The van der Waals surface area contributed by atoms with Gasteiger partial charge in [0.15, 0.2) is 0 Å². The normalized spacial score (nSPS) is 31.5. The monoisotopic (exact) mass is 267 g/mol. The van der Waals surface area contributed by atoms with Crippen LogP contribution < -0.4 is 0 Å². The highest BCUT2D eigenvalue weighted by atomic mass is 16.5. The molecule has 0 bridgehead atoms. The molecule has 1 atom stereocenters. The second-order valence-corrected chi connectivity index (χ2v) is 7.35. The summed E-state index contributed by atoms with van der Waals surface area (Å²) in [4.78, 5) is 0. The second kappa shape index (κ2) is 5.81. The van der Waals surface area contributed by atoms with Gasteiger partial charge in [0.25, 0.3) is 0 Å². The van der Waals surface area contributed by atoms with Crippen molar-refractivity contribution < 1.29 is 9.84 Å². The number of nitrogens with zero attached hydrogens (tertiary/aromatic N) is 1. The van der Waals surface area contributed by atoms with Gasteiger partial charge in [-0.05, 0) is 43.9 Å². The summed E-state index contributed by atoms with van der Waals surface area (Å²) in [5.41, 5.74) is -1.27. The van der Waals surface area contributed by atoms with Gasteiger partial charge in [-0.2, -0.15) is 5.26 Å². The number of hydrogen-bond acceptors (Lipinski definition) is 3. The van der Waals surface area contributed by atoms with E-state index in [1.165, 1.54) is 0 Å². The molecule has 3 nitrogen and oxygen atoms in total. The SMILES string of the molecule is COCCC(C)(O)C1(C#N)CCC(C(C)(C)C)CC1. The van der Waals surface area contributed by atoms with E-state index in [0.29, 0.717) is 24.4 Å². The van der Waals surface area contributed by atoms with Gasteiger partial charge in [0.2, 0.25) is 0 Å². The molecule has 0 aromatic heterocycles. The van der Waals surface area contributed by atoms with Gasteiger partial charge in [0.1, 0.15) is 0 Å². The summed E-state index contributed by atoms with van der Waals surface area (Å²) in [6.45, 7) is 9.09. The molecule has 1 unspecified atom stereocenters. The van der Waals surface area contributed by atoms with Crippen LogP contribution in [0.4, 0.5) is 0 Å². The number of hydrogen-bond donors (Lipinski definition) is 1. The van der Waals surface area contributed by atoms with Gasteiger partial charge < -0.3 is 9.84 Å². The predicted molar refractivity (Wildman–Crippen MR) is 76.6 cm³/mol. The minimum absolute atomic E-state index is 0.292. The summed E-state index contributed by atoms with van der Waals surface area (Å²) in [5.74, 6) is 0.646. The predicted octanol–water partition coefficient (Wildman–Crippen LogP) is 3.52. The van der Waals surface area contributed by atoms with E-state index < -0.39 is 11.0 Å². The molecule has 110 valence electrons. The lowest BCUT2D eigenvalue weighted by Crippen LogP contribution is -2.48. The average Bonchev–Trinajstić information content (AvgIpc) is 2.35. The lowest BCUT2D eigenvalue weighted by atomic mass is 9.58. The van der Waals surface area contributed by atoms with Gasteiger partial charge in [-0.25, -0.2) is 0 Å². The molecule has 0 aromatic carbocycles. The zero-order valence-corrected chi connectivity index (χ0v) is 13.1. The highest BCUT2D eigenvalue weighted by Gasteiger charge is 2.50. The quantitative estimate of drug-likeness (QED) is 0.848. The van der Waals surface area contributed by atoms with E-state index in [1.54, 1.807) is 14.0 Å². The Hall–Kier alpha value is -0.590. The summed E-state index contributed by atoms with van der Waals surface area (Å²) in [7, 11) is 1.63. The van der Waals surface area contributed by atoms with Crippen molar-refractivity contribution in [3.63, 3.8) is 0 Å². The first kappa shape index (κ1) is 16.5. The molecule has 0 saturated heterocycles. The Morgan fingerprint density at radius 3 is 2.16 bits per heavy atom. The summed E-state index contributed by atoms with van der Waals surface area (Å²) in [6.07, 6.45) is 4.17. The van der Waals surface area contributed by atoms with Gasteiger partial charge >= 0.3 is 0 Å². The van der Waals surface area contributed by atoms with Crippen molar-refractivity contribution in [3.8, 4) is 6.07 Å². The van der Waals surface area contributed by atoms with Crippen molar-refractivity contribution in [1.82, 2.24) is 0 Å². The van der Waals surface area contributed by atoms with Crippen molar-refractivity contribution >= 4 is 0 Å². The summed E-state index contributed by atoms with van der Waals surface area (Å²) >= 11 is 0. The molecule has 0 radical (unpaired) electrons. The number of rotatable bonds is 4. The number of aliphatic hydroxyl groups is 1. The molecular weight excluding hydrogens is 238 g/mol. The van der Waals surface area contributed by atoms with Gasteiger partial charge in [-0.1, -0.05) is 20.8 Å². The third-order valence-corrected chi connectivity index (χ3v) is 5.10. The highest BCUT2D eigenvalue weighted by Crippen LogP contribution is 2.50. The Kier molecular flexibility index (Phi) is 5.03. The van der Waals surface area contributed by atoms with Crippen LogP contribution in [0, 0.1) is 28.1 Å². The fourth-order valence-corrected chi connectivity index (χ4v) is 3.29. The summed E-state index contributed by atoms with van der Waals surface area (Å²) in [5, 5.41) is 20.3. The smallest absolute Gasteiger partial charge is 0.0858 e. The van der Waals surface area contributed by atoms with Crippen LogP contribution in [0.3, 0.4) is 0 Å². The molecule has 0 amide bonds. The molecule has 0 spiro atoms. The van der Waals surface area contributed by atoms with Crippen molar-refractivity contribution in [1.29, 1.82) is 5.26 Å². The van der Waals surface area contributed by atoms with Crippen LogP contribution in [0.1, 0.15) is 59.8 Å². The fraction of sp³-hybridized carbons (Fsp3) is 0.938. The van der Waals surface area contributed by atoms with E-state index in [2.05, 4.69) is 26.8 Å².